The van der Waals surface area contributed by atoms with Crippen molar-refractivity contribution in [1.82, 2.24) is 4.90 Å². The number of unbranched alkanes of at least 4 members (excludes halogenated alkanes) is 1. The molecule has 0 amide bonds. The van der Waals surface area contributed by atoms with Crippen LogP contribution in [0.1, 0.15) is 33.1 Å². The third kappa shape index (κ3) is 4.92. The van der Waals surface area contributed by atoms with E-state index in [0.29, 0.717) is 13.0 Å². The van der Waals surface area contributed by atoms with Crippen molar-refractivity contribution < 1.29 is 8.42 Å². The van der Waals surface area contributed by atoms with Gasteiger partial charge in [0.25, 0.3) is 0 Å². The fourth-order valence-electron chi connectivity index (χ4n) is 2.23. The normalized spacial score (nSPS) is 27.3. The molecule has 1 rings (SSSR count). The van der Waals surface area contributed by atoms with Gasteiger partial charge in [0.15, 0.2) is 9.84 Å². The SMILES string of the molecule is CC1CS(=O)(=O)CCN1CCCCC(C)(N)C#N. The van der Waals surface area contributed by atoms with E-state index < -0.39 is 15.4 Å². The van der Waals surface area contributed by atoms with Gasteiger partial charge in [-0.15, -0.1) is 0 Å². The summed E-state index contributed by atoms with van der Waals surface area (Å²) in [6, 6.07) is 2.19. The number of rotatable bonds is 5. The lowest BCUT2D eigenvalue weighted by Crippen LogP contribution is -2.47. The number of sulfone groups is 1. The number of hydrogen-bond acceptors (Lipinski definition) is 5. The Morgan fingerprint density at radius 3 is 2.72 bits per heavy atom. The Bertz CT molecular complexity index is 412. The van der Waals surface area contributed by atoms with Crippen molar-refractivity contribution >= 4 is 9.84 Å². The van der Waals surface area contributed by atoms with Crippen LogP contribution in [0.5, 0.6) is 0 Å². The standard InChI is InChI=1S/C12H23N3O2S/c1-11-9-18(16,17)8-7-15(11)6-4-3-5-12(2,14)10-13/h11H,3-9,14H2,1-2H3. The molecule has 0 bridgehead atoms. The molecule has 0 radical (unpaired) electrons. The summed E-state index contributed by atoms with van der Waals surface area (Å²) < 4.78 is 22.9. The third-order valence-electron chi connectivity index (χ3n) is 3.45. The highest BCUT2D eigenvalue weighted by Gasteiger charge is 2.27. The second-order valence-electron chi connectivity index (χ2n) is 5.49. The molecule has 2 N–H and O–H groups in total. The summed E-state index contributed by atoms with van der Waals surface area (Å²) in [5, 5.41) is 8.79. The first kappa shape index (κ1) is 15.4. The monoisotopic (exact) mass is 273 g/mol. The summed E-state index contributed by atoms with van der Waals surface area (Å²) in [5.74, 6) is 0.532. The highest BCUT2D eigenvalue weighted by Crippen LogP contribution is 2.14. The quantitative estimate of drug-likeness (QED) is 0.738. The van der Waals surface area contributed by atoms with Crippen LogP contribution in [0.15, 0.2) is 0 Å². The molecule has 1 fully saturated rings. The van der Waals surface area contributed by atoms with Crippen LogP contribution < -0.4 is 5.73 Å². The van der Waals surface area contributed by atoms with E-state index in [1.807, 2.05) is 6.92 Å². The largest absolute Gasteiger partial charge is 0.314 e. The van der Waals surface area contributed by atoms with Gasteiger partial charge >= 0.3 is 0 Å². The minimum atomic E-state index is -2.83. The van der Waals surface area contributed by atoms with E-state index in [1.54, 1.807) is 6.92 Å². The lowest BCUT2D eigenvalue weighted by molar-refractivity contribution is 0.220. The molecule has 0 aromatic rings. The smallest absolute Gasteiger partial charge is 0.153 e. The molecular formula is C12H23N3O2S. The Morgan fingerprint density at radius 1 is 1.50 bits per heavy atom. The first-order chi connectivity index (χ1) is 8.26. The molecule has 5 nitrogen and oxygen atoms in total. The van der Waals surface area contributed by atoms with Gasteiger partial charge in [-0.3, -0.25) is 4.90 Å². The van der Waals surface area contributed by atoms with E-state index in [4.69, 9.17) is 11.0 Å². The molecule has 18 heavy (non-hydrogen) atoms. The van der Waals surface area contributed by atoms with Crippen molar-refractivity contribution in [2.24, 2.45) is 5.73 Å². The lowest BCUT2D eigenvalue weighted by atomic mass is 9.98. The van der Waals surface area contributed by atoms with Gasteiger partial charge in [0, 0.05) is 12.6 Å². The molecule has 6 heteroatoms. The van der Waals surface area contributed by atoms with E-state index >= 15 is 0 Å². The van der Waals surface area contributed by atoms with Crippen molar-refractivity contribution in [3.63, 3.8) is 0 Å². The Labute approximate surface area is 110 Å². The number of nitrogens with two attached hydrogens (primary N) is 1. The van der Waals surface area contributed by atoms with Crippen LogP contribution in [0.25, 0.3) is 0 Å². The Kier molecular flexibility index (Phi) is 5.14. The average Bonchev–Trinajstić information content (AvgIpc) is 2.26. The molecule has 0 saturated carbocycles. The Balaban J connectivity index is 2.27. The van der Waals surface area contributed by atoms with Crippen LogP contribution in [0.2, 0.25) is 0 Å². The van der Waals surface area contributed by atoms with E-state index in [9.17, 15) is 8.42 Å². The van der Waals surface area contributed by atoms with Crippen LogP contribution in [0.3, 0.4) is 0 Å². The van der Waals surface area contributed by atoms with E-state index in [-0.39, 0.29) is 17.5 Å². The maximum absolute atomic E-state index is 11.4. The molecule has 1 heterocycles. The first-order valence-electron chi connectivity index (χ1n) is 6.40. The molecule has 2 unspecified atom stereocenters. The average molecular weight is 273 g/mol. The molecule has 0 aliphatic carbocycles. The zero-order chi connectivity index (χ0) is 13.8. The number of nitriles is 1. The van der Waals surface area contributed by atoms with Crippen LogP contribution >= 0.6 is 0 Å². The Morgan fingerprint density at radius 2 is 2.17 bits per heavy atom. The zero-order valence-corrected chi connectivity index (χ0v) is 12.0. The summed E-state index contributed by atoms with van der Waals surface area (Å²) in [5.41, 5.74) is 5.00. The van der Waals surface area contributed by atoms with Gasteiger partial charge in [-0.25, -0.2) is 8.42 Å². The van der Waals surface area contributed by atoms with Crippen LogP contribution in [-0.4, -0.2) is 49.5 Å². The molecule has 0 aromatic heterocycles. The summed E-state index contributed by atoms with van der Waals surface area (Å²) >= 11 is 0. The van der Waals surface area contributed by atoms with Crippen molar-refractivity contribution in [3.05, 3.63) is 0 Å². The van der Waals surface area contributed by atoms with Gasteiger partial charge in [-0.05, 0) is 39.7 Å². The molecule has 0 aromatic carbocycles. The van der Waals surface area contributed by atoms with Crippen molar-refractivity contribution in [1.29, 1.82) is 5.26 Å². The predicted molar refractivity (Wildman–Crippen MR) is 71.7 cm³/mol. The fraction of sp³-hybridized carbons (Fsp3) is 0.917. The van der Waals surface area contributed by atoms with Crippen molar-refractivity contribution in [2.75, 3.05) is 24.6 Å². The molecule has 0 spiro atoms. The van der Waals surface area contributed by atoms with Gasteiger partial charge in [-0.1, -0.05) is 0 Å². The summed E-state index contributed by atoms with van der Waals surface area (Å²) in [7, 11) is -2.83. The van der Waals surface area contributed by atoms with Gasteiger partial charge in [0.2, 0.25) is 0 Å². The molecule has 1 aliphatic heterocycles. The molecular weight excluding hydrogens is 250 g/mol. The number of nitrogens with zero attached hydrogens (tertiary/aromatic N) is 2. The van der Waals surface area contributed by atoms with Gasteiger partial charge in [0.1, 0.15) is 5.54 Å². The van der Waals surface area contributed by atoms with Crippen molar-refractivity contribution in [2.45, 2.75) is 44.7 Å². The summed E-state index contributed by atoms with van der Waals surface area (Å²) in [6.45, 7) is 5.21. The van der Waals surface area contributed by atoms with Crippen LogP contribution in [-0.2, 0) is 9.84 Å². The highest BCUT2D eigenvalue weighted by atomic mass is 32.2. The zero-order valence-electron chi connectivity index (χ0n) is 11.2. The second kappa shape index (κ2) is 6.00. The van der Waals surface area contributed by atoms with E-state index in [1.165, 1.54) is 0 Å². The molecule has 2 atom stereocenters. The lowest BCUT2D eigenvalue weighted by Gasteiger charge is -2.33. The predicted octanol–water partition coefficient (Wildman–Crippen LogP) is 0.517. The van der Waals surface area contributed by atoms with Crippen LogP contribution in [0, 0.1) is 11.3 Å². The topological polar surface area (TPSA) is 87.2 Å². The fourth-order valence-corrected chi connectivity index (χ4v) is 3.85. The summed E-state index contributed by atoms with van der Waals surface area (Å²) in [6.07, 6.45) is 2.54. The maximum Gasteiger partial charge on any atom is 0.153 e. The van der Waals surface area contributed by atoms with Gasteiger partial charge in [0.05, 0.1) is 17.6 Å². The highest BCUT2D eigenvalue weighted by molar-refractivity contribution is 7.91. The second-order valence-corrected chi connectivity index (χ2v) is 7.71. The summed E-state index contributed by atoms with van der Waals surface area (Å²) in [4.78, 5) is 2.21. The van der Waals surface area contributed by atoms with Crippen molar-refractivity contribution in [3.8, 4) is 6.07 Å². The first-order valence-corrected chi connectivity index (χ1v) is 8.22. The maximum atomic E-state index is 11.4. The molecule has 1 saturated heterocycles. The number of hydrogen-bond donors (Lipinski definition) is 1. The minimum Gasteiger partial charge on any atom is -0.314 e. The Hall–Kier alpha value is -0.640. The van der Waals surface area contributed by atoms with Crippen LogP contribution in [0.4, 0.5) is 0 Å². The molecule has 104 valence electrons. The van der Waals surface area contributed by atoms with E-state index in [2.05, 4.69) is 11.0 Å². The molecule has 1 aliphatic rings. The van der Waals surface area contributed by atoms with Gasteiger partial charge in [-0.2, -0.15) is 5.26 Å². The minimum absolute atomic E-state index is 0.101. The third-order valence-corrected chi connectivity index (χ3v) is 5.25. The van der Waals surface area contributed by atoms with E-state index in [0.717, 1.165) is 19.4 Å². The van der Waals surface area contributed by atoms with Gasteiger partial charge < -0.3 is 5.73 Å².